The average Bonchev–Trinajstić information content (AvgIpc) is 3.21. The standard InChI is InChI=1S/C20H23ClN2O4/c1-12-7-14(3-5-17(12)21)4-6-19(25)18-9-15(24)11-23(18)20(26)10-16-8-13(2)22-27-16/h3,5,7-8,15,18,24H,4,6,9-11H2,1-2H3/t15-,18+/m1/s1. The Labute approximate surface area is 163 Å². The van der Waals surface area contributed by atoms with Crippen LogP contribution in [0.2, 0.25) is 5.02 Å². The number of carbonyl (C=O) groups excluding carboxylic acids is 2. The predicted molar refractivity (Wildman–Crippen MR) is 101 cm³/mol. The van der Waals surface area contributed by atoms with Crippen molar-refractivity contribution in [3.05, 3.63) is 51.9 Å². The lowest BCUT2D eigenvalue weighted by molar-refractivity contribution is -0.137. The van der Waals surface area contributed by atoms with Gasteiger partial charge in [-0.1, -0.05) is 28.9 Å². The van der Waals surface area contributed by atoms with E-state index < -0.39 is 12.1 Å². The first-order chi connectivity index (χ1) is 12.8. The van der Waals surface area contributed by atoms with E-state index in [4.69, 9.17) is 16.1 Å². The molecule has 3 rings (SSSR count). The van der Waals surface area contributed by atoms with E-state index in [9.17, 15) is 14.7 Å². The van der Waals surface area contributed by atoms with Crippen LogP contribution in [0.1, 0.15) is 35.4 Å². The third-order valence-corrected chi connectivity index (χ3v) is 5.28. The van der Waals surface area contributed by atoms with Gasteiger partial charge in [0.2, 0.25) is 5.91 Å². The molecule has 1 aliphatic heterocycles. The summed E-state index contributed by atoms with van der Waals surface area (Å²) in [5.41, 5.74) is 2.70. The van der Waals surface area contributed by atoms with Gasteiger partial charge in [0.15, 0.2) is 5.78 Å². The fourth-order valence-electron chi connectivity index (χ4n) is 3.44. The van der Waals surface area contributed by atoms with Crippen molar-refractivity contribution >= 4 is 23.3 Å². The summed E-state index contributed by atoms with van der Waals surface area (Å²) in [5, 5.41) is 14.5. The molecule has 1 aromatic carbocycles. The van der Waals surface area contributed by atoms with Crippen molar-refractivity contribution in [1.29, 1.82) is 0 Å². The molecule has 0 bridgehead atoms. The molecule has 1 aromatic heterocycles. The summed E-state index contributed by atoms with van der Waals surface area (Å²) in [6.45, 7) is 3.87. The van der Waals surface area contributed by atoms with E-state index >= 15 is 0 Å². The molecule has 0 saturated carbocycles. The van der Waals surface area contributed by atoms with Crippen LogP contribution < -0.4 is 0 Å². The molecule has 1 N–H and O–H groups in total. The molecule has 27 heavy (non-hydrogen) atoms. The van der Waals surface area contributed by atoms with Crippen LogP contribution in [0, 0.1) is 13.8 Å². The number of Topliss-reactive ketones (excluding diaryl/α,β-unsaturated/α-hetero) is 1. The minimum Gasteiger partial charge on any atom is -0.391 e. The normalized spacial score (nSPS) is 19.5. The molecule has 1 fully saturated rings. The van der Waals surface area contributed by atoms with Crippen LogP contribution in [0.5, 0.6) is 0 Å². The van der Waals surface area contributed by atoms with E-state index in [0.29, 0.717) is 29.3 Å². The maximum Gasteiger partial charge on any atom is 0.231 e. The van der Waals surface area contributed by atoms with Crippen molar-refractivity contribution in [2.24, 2.45) is 0 Å². The molecule has 1 saturated heterocycles. The molecule has 2 heterocycles. The van der Waals surface area contributed by atoms with Gasteiger partial charge in [0.25, 0.3) is 0 Å². The lowest BCUT2D eigenvalue weighted by Crippen LogP contribution is -2.41. The number of aromatic nitrogens is 1. The number of hydrogen-bond acceptors (Lipinski definition) is 5. The van der Waals surface area contributed by atoms with Gasteiger partial charge < -0.3 is 14.5 Å². The SMILES string of the molecule is Cc1cc(CC(=O)N2C[C@H](O)C[C@H]2C(=O)CCc2ccc(Cl)c(C)c2)on1. The number of aliphatic hydroxyl groups is 1. The van der Waals surface area contributed by atoms with E-state index in [2.05, 4.69) is 5.16 Å². The van der Waals surface area contributed by atoms with Gasteiger partial charge >= 0.3 is 0 Å². The molecule has 6 nitrogen and oxygen atoms in total. The Morgan fingerprint density at radius 1 is 1.33 bits per heavy atom. The minimum atomic E-state index is -0.683. The summed E-state index contributed by atoms with van der Waals surface area (Å²) in [6, 6.07) is 6.80. The van der Waals surface area contributed by atoms with Crippen molar-refractivity contribution < 1.29 is 19.2 Å². The van der Waals surface area contributed by atoms with Crippen LogP contribution in [0.15, 0.2) is 28.8 Å². The Morgan fingerprint density at radius 3 is 2.78 bits per heavy atom. The van der Waals surface area contributed by atoms with Gasteiger partial charge in [-0.15, -0.1) is 0 Å². The number of hydrogen-bond donors (Lipinski definition) is 1. The predicted octanol–water partition coefficient (Wildman–Crippen LogP) is 2.65. The summed E-state index contributed by atoms with van der Waals surface area (Å²) in [5.74, 6) is 0.186. The average molecular weight is 391 g/mol. The number of ketones is 1. The molecule has 2 atom stereocenters. The van der Waals surface area contributed by atoms with Crippen molar-refractivity contribution in [2.45, 2.75) is 51.7 Å². The Morgan fingerprint density at radius 2 is 2.11 bits per heavy atom. The van der Waals surface area contributed by atoms with Gasteiger partial charge in [-0.2, -0.15) is 0 Å². The zero-order chi connectivity index (χ0) is 19.6. The fraction of sp³-hybridized carbons (Fsp3) is 0.450. The first-order valence-corrected chi connectivity index (χ1v) is 9.38. The first-order valence-electron chi connectivity index (χ1n) is 9.01. The molecular formula is C20H23ClN2O4. The van der Waals surface area contributed by atoms with Gasteiger partial charge in [-0.05, 0) is 37.5 Å². The number of amides is 1. The summed E-state index contributed by atoms with van der Waals surface area (Å²) in [6.07, 6.45) is 0.515. The largest absolute Gasteiger partial charge is 0.391 e. The van der Waals surface area contributed by atoms with Crippen LogP contribution in [0.25, 0.3) is 0 Å². The molecule has 1 amide bonds. The molecular weight excluding hydrogens is 368 g/mol. The zero-order valence-electron chi connectivity index (χ0n) is 15.4. The number of aliphatic hydroxyl groups excluding tert-OH is 1. The first kappa shape index (κ1) is 19.6. The highest BCUT2D eigenvalue weighted by Crippen LogP contribution is 2.23. The third-order valence-electron chi connectivity index (χ3n) is 4.86. The highest BCUT2D eigenvalue weighted by atomic mass is 35.5. The number of carbonyl (C=O) groups is 2. The van der Waals surface area contributed by atoms with E-state index in [1.165, 1.54) is 4.90 Å². The van der Waals surface area contributed by atoms with E-state index in [1.807, 2.05) is 25.1 Å². The summed E-state index contributed by atoms with van der Waals surface area (Å²) in [4.78, 5) is 26.8. The van der Waals surface area contributed by atoms with Gasteiger partial charge in [-0.3, -0.25) is 9.59 Å². The summed E-state index contributed by atoms with van der Waals surface area (Å²) in [7, 11) is 0. The maximum absolute atomic E-state index is 12.7. The van der Waals surface area contributed by atoms with Gasteiger partial charge in [0.1, 0.15) is 5.76 Å². The van der Waals surface area contributed by atoms with Crippen molar-refractivity contribution in [3.8, 4) is 0 Å². The number of likely N-dealkylation sites (tertiary alicyclic amines) is 1. The monoisotopic (exact) mass is 390 g/mol. The number of β-amino-alcohol motifs (C(OH)–C–C–N with tert-alkyl or cyclic N) is 1. The van der Waals surface area contributed by atoms with Gasteiger partial charge in [0, 0.05) is 30.5 Å². The maximum atomic E-state index is 12.7. The molecule has 7 heteroatoms. The number of benzene rings is 1. The lowest BCUT2D eigenvalue weighted by atomic mass is 10.00. The van der Waals surface area contributed by atoms with Crippen LogP contribution in [-0.4, -0.2) is 45.5 Å². The molecule has 0 unspecified atom stereocenters. The number of aryl methyl sites for hydroxylation is 3. The Kier molecular flexibility index (Phi) is 5.97. The molecule has 1 aliphatic rings. The minimum absolute atomic E-state index is 0.0354. The quantitative estimate of drug-likeness (QED) is 0.819. The Balaban J connectivity index is 1.62. The van der Waals surface area contributed by atoms with Crippen LogP contribution in [0.4, 0.5) is 0 Å². The molecule has 0 spiro atoms. The van der Waals surface area contributed by atoms with E-state index in [0.717, 1.165) is 11.1 Å². The smallest absolute Gasteiger partial charge is 0.231 e. The molecule has 0 radical (unpaired) electrons. The molecule has 144 valence electrons. The van der Waals surface area contributed by atoms with Crippen LogP contribution >= 0.6 is 11.6 Å². The second-order valence-electron chi connectivity index (χ2n) is 7.11. The zero-order valence-corrected chi connectivity index (χ0v) is 16.2. The molecule has 0 aliphatic carbocycles. The van der Waals surface area contributed by atoms with Crippen molar-refractivity contribution in [3.63, 3.8) is 0 Å². The van der Waals surface area contributed by atoms with Crippen LogP contribution in [0.3, 0.4) is 0 Å². The van der Waals surface area contributed by atoms with Gasteiger partial charge in [0.05, 0.1) is 24.3 Å². The summed E-state index contributed by atoms with van der Waals surface area (Å²) >= 11 is 6.03. The topological polar surface area (TPSA) is 83.6 Å². The number of nitrogens with zero attached hydrogens (tertiary/aromatic N) is 2. The second-order valence-corrected chi connectivity index (χ2v) is 7.52. The number of rotatable bonds is 6. The summed E-state index contributed by atoms with van der Waals surface area (Å²) < 4.78 is 5.09. The second kappa shape index (κ2) is 8.23. The Bertz CT molecular complexity index is 848. The van der Waals surface area contributed by atoms with Crippen LogP contribution in [-0.2, 0) is 22.4 Å². The van der Waals surface area contributed by atoms with Gasteiger partial charge in [-0.25, -0.2) is 0 Å². The molecule has 2 aromatic rings. The lowest BCUT2D eigenvalue weighted by Gasteiger charge is -2.23. The van der Waals surface area contributed by atoms with E-state index in [1.54, 1.807) is 13.0 Å². The van der Waals surface area contributed by atoms with E-state index in [-0.39, 0.29) is 31.1 Å². The third kappa shape index (κ3) is 4.76. The fourth-order valence-corrected chi connectivity index (χ4v) is 3.56. The number of halogens is 1. The highest BCUT2D eigenvalue weighted by Gasteiger charge is 2.38. The van der Waals surface area contributed by atoms with Crippen molar-refractivity contribution in [2.75, 3.05) is 6.54 Å². The van der Waals surface area contributed by atoms with Crippen molar-refractivity contribution in [1.82, 2.24) is 10.1 Å². The Hall–Kier alpha value is -2.18. The highest BCUT2D eigenvalue weighted by molar-refractivity contribution is 6.31.